The minimum Gasteiger partial charge on any atom is -0.383 e. The highest BCUT2D eigenvalue weighted by Crippen LogP contribution is 2.38. The maximum atomic E-state index is 13.7. The van der Waals surface area contributed by atoms with Gasteiger partial charge in [-0.15, -0.1) is 0 Å². The number of pyridine rings is 1. The molecule has 1 aliphatic rings. The number of amides is 1. The molecule has 2 atom stereocenters. The molecule has 7 nitrogen and oxygen atoms in total. The Kier molecular flexibility index (Phi) is 5.48. The molecular formula is C21H21F3N6O. The van der Waals surface area contributed by atoms with E-state index in [2.05, 4.69) is 15.0 Å². The zero-order valence-corrected chi connectivity index (χ0v) is 16.5. The summed E-state index contributed by atoms with van der Waals surface area (Å²) >= 11 is 0. The summed E-state index contributed by atoms with van der Waals surface area (Å²) in [5.41, 5.74) is 11.7. The summed E-state index contributed by atoms with van der Waals surface area (Å²) in [4.78, 5) is 26.4. The number of rotatable bonds is 3. The average molecular weight is 430 g/mol. The van der Waals surface area contributed by atoms with E-state index in [9.17, 15) is 18.0 Å². The zero-order chi connectivity index (χ0) is 22.2. The van der Waals surface area contributed by atoms with E-state index in [1.54, 1.807) is 29.2 Å². The van der Waals surface area contributed by atoms with Crippen molar-refractivity contribution in [3.05, 3.63) is 59.5 Å². The van der Waals surface area contributed by atoms with Gasteiger partial charge < -0.3 is 16.4 Å². The van der Waals surface area contributed by atoms with Crippen molar-refractivity contribution in [2.75, 3.05) is 18.8 Å². The normalized spacial score (nSPS) is 18.2. The molecule has 0 bridgehead atoms. The third-order valence-electron chi connectivity index (χ3n) is 5.53. The maximum absolute atomic E-state index is 13.7. The molecular weight excluding hydrogens is 409 g/mol. The number of piperidine rings is 1. The van der Waals surface area contributed by atoms with Gasteiger partial charge in [0.1, 0.15) is 18.2 Å². The van der Waals surface area contributed by atoms with Crippen LogP contribution in [-0.2, 0) is 11.0 Å². The molecule has 1 saturated heterocycles. The number of nitrogens with two attached hydrogens (primary N) is 2. The maximum Gasteiger partial charge on any atom is 0.417 e. The fourth-order valence-electron chi connectivity index (χ4n) is 3.96. The van der Waals surface area contributed by atoms with E-state index < -0.39 is 17.8 Å². The molecule has 10 heteroatoms. The summed E-state index contributed by atoms with van der Waals surface area (Å²) in [5, 5.41) is -0.311. The van der Waals surface area contributed by atoms with Crippen molar-refractivity contribution in [3.63, 3.8) is 0 Å². The summed E-state index contributed by atoms with van der Waals surface area (Å²) < 4.78 is 41.2. The third kappa shape index (κ3) is 4.15. The van der Waals surface area contributed by atoms with E-state index >= 15 is 0 Å². The first-order valence-corrected chi connectivity index (χ1v) is 9.83. The first-order chi connectivity index (χ1) is 14.8. The number of nitrogens with zero attached hydrogens (tertiary/aromatic N) is 4. The number of likely N-dealkylation sites (tertiary alicyclic amines) is 1. The molecule has 162 valence electrons. The molecule has 3 aromatic rings. The molecule has 0 radical (unpaired) electrons. The summed E-state index contributed by atoms with van der Waals surface area (Å²) in [5.74, 6) is -0.910. The second-order valence-corrected chi connectivity index (χ2v) is 7.56. The molecule has 1 fully saturated rings. The Morgan fingerprint density at radius 3 is 2.65 bits per heavy atom. The molecule has 0 saturated carbocycles. The number of hydrogen-bond acceptors (Lipinski definition) is 6. The number of hydrogen-bond donors (Lipinski definition) is 2. The lowest BCUT2D eigenvalue weighted by molar-refractivity contribution is -0.136. The van der Waals surface area contributed by atoms with E-state index in [-0.39, 0.29) is 40.9 Å². The first-order valence-electron chi connectivity index (χ1n) is 9.83. The van der Waals surface area contributed by atoms with Gasteiger partial charge in [-0.3, -0.25) is 4.79 Å². The van der Waals surface area contributed by atoms with Crippen LogP contribution in [0.4, 0.5) is 19.0 Å². The first kappa shape index (κ1) is 21.0. The number of carbonyl (C=O) groups excluding carboxylic acids is 1. The van der Waals surface area contributed by atoms with Crippen molar-refractivity contribution < 1.29 is 18.0 Å². The van der Waals surface area contributed by atoms with Crippen LogP contribution >= 0.6 is 0 Å². The van der Waals surface area contributed by atoms with Gasteiger partial charge in [-0.2, -0.15) is 13.2 Å². The average Bonchev–Trinajstić information content (AvgIpc) is 2.77. The highest BCUT2D eigenvalue weighted by atomic mass is 19.4. The van der Waals surface area contributed by atoms with Gasteiger partial charge in [0.25, 0.3) is 0 Å². The number of alkyl halides is 3. The number of fused-ring (bicyclic) bond motifs is 1. The van der Waals surface area contributed by atoms with E-state index in [1.807, 2.05) is 6.07 Å². The lowest BCUT2D eigenvalue weighted by Gasteiger charge is -2.34. The molecule has 0 unspecified atom stereocenters. The van der Waals surface area contributed by atoms with E-state index in [0.29, 0.717) is 24.9 Å². The smallest absolute Gasteiger partial charge is 0.383 e. The number of aromatic nitrogens is 3. The van der Waals surface area contributed by atoms with Crippen molar-refractivity contribution in [2.24, 2.45) is 5.73 Å². The summed E-state index contributed by atoms with van der Waals surface area (Å²) in [6.07, 6.45) is -2.33. The Morgan fingerprint density at radius 1 is 1.19 bits per heavy atom. The Balaban J connectivity index is 1.65. The Bertz CT molecular complexity index is 1110. The number of nitrogen functional groups attached to an aromatic ring is 1. The molecule has 0 spiro atoms. The molecule has 4 rings (SSSR count). The molecule has 2 aromatic heterocycles. The van der Waals surface area contributed by atoms with Crippen molar-refractivity contribution in [2.45, 2.75) is 31.0 Å². The monoisotopic (exact) mass is 430 g/mol. The summed E-state index contributed by atoms with van der Waals surface area (Å²) in [7, 11) is 0. The molecule has 1 aromatic carbocycles. The van der Waals surface area contributed by atoms with Crippen LogP contribution in [0.2, 0.25) is 0 Å². The van der Waals surface area contributed by atoms with Crippen molar-refractivity contribution in [3.8, 4) is 0 Å². The fourth-order valence-corrected chi connectivity index (χ4v) is 3.96. The fraction of sp³-hybridized carbons (Fsp3) is 0.333. The predicted octanol–water partition coefficient (Wildman–Crippen LogP) is 3.03. The van der Waals surface area contributed by atoms with Gasteiger partial charge in [-0.05, 0) is 24.5 Å². The van der Waals surface area contributed by atoms with Crippen molar-refractivity contribution in [1.82, 2.24) is 19.9 Å². The van der Waals surface area contributed by atoms with Gasteiger partial charge in [0.05, 0.1) is 10.9 Å². The number of benzene rings is 1. The third-order valence-corrected chi connectivity index (χ3v) is 5.53. The van der Waals surface area contributed by atoms with Gasteiger partial charge in [-0.1, -0.05) is 30.3 Å². The van der Waals surface area contributed by atoms with Crippen LogP contribution in [0.3, 0.4) is 0 Å². The van der Waals surface area contributed by atoms with Gasteiger partial charge in [-0.25, -0.2) is 15.0 Å². The Morgan fingerprint density at radius 2 is 1.94 bits per heavy atom. The molecule has 31 heavy (non-hydrogen) atoms. The highest BCUT2D eigenvalue weighted by molar-refractivity contribution is 5.89. The lowest BCUT2D eigenvalue weighted by Crippen LogP contribution is -2.44. The second kappa shape index (κ2) is 8.10. The van der Waals surface area contributed by atoms with E-state index in [0.717, 1.165) is 12.4 Å². The summed E-state index contributed by atoms with van der Waals surface area (Å²) in [6, 6.07) is 9.14. The topological polar surface area (TPSA) is 111 Å². The Labute approximate surface area is 176 Å². The van der Waals surface area contributed by atoms with Crippen LogP contribution in [0.15, 0.2) is 42.7 Å². The predicted molar refractivity (Wildman–Crippen MR) is 109 cm³/mol. The standard InChI is InChI=1S/C21H21F3N6O/c22-21(23,24)14-9-15(29-19-16(14)18(26)27-11-28-19)13-7-4-8-30(10-13)20(31)17(25)12-5-2-1-3-6-12/h1-3,5-6,9,11,13,17H,4,7-8,10,25H2,(H2,26,27,28,29)/t13-,17+/m1/s1. The van der Waals surface area contributed by atoms with Crippen LogP contribution in [0.25, 0.3) is 11.0 Å². The molecule has 1 amide bonds. The molecule has 3 heterocycles. The number of anilines is 1. The second-order valence-electron chi connectivity index (χ2n) is 7.56. The Hall–Kier alpha value is -3.27. The van der Waals surface area contributed by atoms with Crippen LogP contribution in [0.5, 0.6) is 0 Å². The summed E-state index contributed by atoms with van der Waals surface area (Å²) in [6.45, 7) is 0.723. The SMILES string of the molecule is Nc1ncnc2nc([C@@H]3CCCN(C(=O)[C@@H](N)c4ccccc4)C3)cc(C(F)(F)F)c12. The van der Waals surface area contributed by atoms with Crippen LogP contribution < -0.4 is 11.5 Å². The minimum absolute atomic E-state index is 0.109. The van der Waals surface area contributed by atoms with Crippen molar-refractivity contribution >= 4 is 22.8 Å². The van der Waals surface area contributed by atoms with Gasteiger partial charge in [0.15, 0.2) is 5.65 Å². The quantitative estimate of drug-likeness (QED) is 0.661. The largest absolute Gasteiger partial charge is 0.417 e. The number of carbonyl (C=O) groups is 1. The molecule has 0 aliphatic carbocycles. The van der Waals surface area contributed by atoms with Gasteiger partial charge in [0.2, 0.25) is 5.91 Å². The highest BCUT2D eigenvalue weighted by Gasteiger charge is 2.37. The van der Waals surface area contributed by atoms with Crippen molar-refractivity contribution in [1.29, 1.82) is 0 Å². The minimum atomic E-state index is -4.64. The van der Waals surface area contributed by atoms with Crippen LogP contribution in [-0.4, -0.2) is 38.8 Å². The van der Waals surface area contributed by atoms with Crippen LogP contribution in [0, 0.1) is 0 Å². The molecule has 1 aliphatic heterocycles. The molecule has 4 N–H and O–H groups in total. The van der Waals surface area contributed by atoms with Gasteiger partial charge >= 0.3 is 6.18 Å². The lowest BCUT2D eigenvalue weighted by atomic mass is 9.92. The van der Waals surface area contributed by atoms with E-state index in [4.69, 9.17) is 11.5 Å². The number of halogens is 3. The van der Waals surface area contributed by atoms with Crippen LogP contribution in [0.1, 0.15) is 41.6 Å². The van der Waals surface area contributed by atoms with Gasteiger partial charge in [0, 0.05) is 24.7 Å². The van der Waals surface area contributed by atoms with E-state index in [1.165, 1.54) is 0 Å². The zero-order valence-electron chi connectivity index (χ0n) is 16.5.